The van der Waals surface area contributed by atoms with Crippen molar-refractivity contribution in [1.82, 2.24) is 35.3 Å². The van der Waals surface area contributed by atoms with Crippen LogP contribution in [0.4, 0.5) is 10.7 Å². The van der Waals surface area contributed by atoms with Gasteiger partial charge in [-0.3, -0.25) is 15.3 Å². The summed E-state index contributed by atoms with van der Waals surface area (Å²) < 4.78 is 8.29. The van der Waals surface area contributed by atoms with E-state index >= 15 is 0 Å². The number of carbonyl (C=O) groups is 1. The highest BCUT2D eigenvalue weighted by molar-refractivity contribution is 6.30. The highest BCUT2D eigenvalue weighted by Gasteiger charge is 2.33. The first-order valence-corrected chi connectivity index (χ1v) is 14.9. The van der Waals surface area contributed by atoms with Crippen molar-refractivity contribution in [3.63, 3.8) is 0 Å². The predicted molar refractivity (Wildman–Crippen MR) is 158 cm³/mol. The maximum Gasteiger partial charge on any atom is 0.427 e. The fourth-order valence-electron chi connectivity index (χ4n) is 6.30. The number of hydrogen-bond acceptors (Lipinski definition) is 9. The van der Waals surface area contributed by atoms with E-state index in [1.807, 2.05) is 36.5 Å². The molecule has 2 aliphatic heterocycles. The summed E-state index contributed by atoms with van der Waals surface area (Å²) in [5.41, 5.74) is 7.39. The molecule has 0 aromatic carbocycles. The van der Waals surface area contributed by atoms with E-state index in [0.717, 1.165) is 40.7 Å². The Morgan fingerprint density at radius 1 is 1.10 bits per heavy atom. The summed E-state index contributed by atoms with van der Waals surface area (Å²) >= 11 is 6.42. The van der Waals surface area contributed by atoms with Crippen LogP contribution < -0.4 is 15.7 Å². The van der Waals surface area contributed by atoms with E-state index in [2.05, 4.69) is 37.2 Å². The summed E-state index contributed by atoms with van der Waals surface area (Å²) in [7, 11) is 0. The van der Waals surface area contributed by atoms with E-state index in [1.165, 1.54) is 25.7 Å². The largest absolute Gasteiger partial charge is 0.427 e. The molecule has 3 fully saturated rings. The molecule has 42 heavy (non-hydrogen) atoms. The van der Waals surface area contributed by atoms with Gasteiger partial charge in [0.2, 0.25) is 5.95 Å². The number of pyridine rings is 3. The fraction of sp³-hybridized carbons (Fsp3) is 0.433. The van der Waals surface area contributed by atoms with Crippen LogP contribution in [0.15, 0.2) is 48.9 Å². The van der Waals surface area contributed by atoms with Gasteiger partial charge in [0.1, 0.15) is 0 Å². The third-order valence-electron chi connectivity index (χ3n) is 8.52. The number of ether oxygens (including phenoxy) is 1. The number of rotatable bonds is 6. The van der Waals surface area contributed by atoms with Gasteiger partial charge in [0.25, 0.3) is 0 Å². The van der Waals surface area contributed by atoms with Crippen LogP contribution in [0.25, 0.3) is 22.3 Å². The standard InChI is InChI=1S/C30H33ClN8O3/c1-18-5-7-19(8-6-18)16-39-27-23(35-29(39)38-10-11-41-17-25(38)22-4-2-3-9-33-22)13-24(28-36-30(40)42-37-28)34-26(27)20-12-21(31)15-32-14-20/h2-4,9,12-15,18-19,25,28,37H,5-8,10-11,16-17H2,1H3,(H,36,40)/t18?,19?,25-,28?/m0/s1. The van der Waals surface area contributed by atoms with E-state index in [9.17, 15) is 4.79 Å². The normalized spacial score (nSPS) is 24.5. The molecule has 1 unspecified atom stereocenters. The SMILES string of the molecule is CC1CCC(Cn2c(N3CCOC[C@H]3c3ccccn3)nc3cc(C4NOC(=O)N4)nc(-c4cncc(Cl)c4)c32)CC1. The number of nitrogens with one attached hydrogen (secondary N) is 2. The van der Waals surface area contributed by atoms with Gasteiger partial charge in [-0.25, -0.2) is 14.8 Å². The topological polar surface area (TPSA) is 119 Å². The van der Waals surface area contributed by atoms with Gasteiger partial charge in [-0.15, -0.1) is 5.48 Å². The number of anilines is 1. The maximum atomic E-state index is 11.9. The molecule has 2 N–H and O–H groups in total. The molecule has 4 aromatic rings. The average Bonchev–Trinajstić information content (AvgIpc) is 3.62. The van der Waals surface area contributed by atoms with Crippen molar-refractivity contribution in [2.75, 3.05) is 24.7 Å². The number of fused-ring (bicyclic) bond motifs is 1. The molecule has 218 valence electrons. The average molecular weight is 589 g/mol. The Labute approximate surface area is 248 Å². The first-order valence-electron chi connectivity index (χ1n) is 14.5. The second-order valence-electron chi connectivity index (χ2n) is 11.4. The summed E-state index contributed by atoms with van der Waals surface area (Å²) in [6.45, 7) is 4.94. The lowest BCUT2D eigenvalue weighted by molar-refractivity contribution is 0.0916. The molecule has 2 saturated heterocycles. The second kappa shape index (κ2) is 11.5. The molecule has 11 nitrogen and oxygen atoms in total. The molecule has 1 aliphatic carbocycles. The predicted octanol–water partition coefficient (Wildman–Crippen LogP) is 5.19. The molecule has 4 aromatic heterocycles. The molecule has 1 amide bonds. The summed E-state index contributed by atoms with van der Waals surface area (Å²) in [5, 5.41) is 3.28. The minimum absolute atomic E-state index is 0.0882. The van der Waals surface area contributed by atoms with Gasteiger partial charge in [-0.05, 0) is 48.9 Å². The number of morpholine rings is 1. The second-order valence-corrected chi connectivity index (χ2v) is 11.9. The van der Waals surface area contributed by atoms with Crippen LogP contribution >= 0.6 is 11.6 Å². The highest BCUT2D eigenvalue weighted by Crippen LogP contribution is 2.39. The Balaban J connectivity index is 1.42. The van der Waals surface area contributed by atoms with E-state index in [-0.39, 0.29) is 6.04 Å². The summed E-state index contributed by atoms with van der Waals surface area (Å²) in [6.07, 6.45) is 8.80. The zero-order chi connectivity index (χ0) is 28.6. The molecule has 3 aliphatic rings. The van der Waals surface area contributed by atoms with Crippen molar-refractivity contribution in [2.24, 2.45) is 11.8 Å². The quantitative estimate of drug-likeness (QED) is 0.313. The third-order valence-corrected chi connectivity index (χ3v) is 8.73. The van der Waals surface area contributed by atoms with Crippen LogP contribution in [-0.4, -0.2) is 50.4 Å². The number of imidazole rings is 1. The van der Waals surface area contributed by atoms with Crippen molar-refractivity contribution >= 4 is 34.7 Å². The van der Waals surface area contributed by atoms with E-state index < -0.39 is 12.3 Å². The lowest BCUT2D eigenvalue weighted by Gasteiger charge is -2.37. The number of hydroxylamine groups is 1. The van der Waals surface area contributed by atoms with Crippen LogP contribution in [0, 0.1) is 11.8 Å². The van der Waals surface area contributed by atoms with Gasteiger partial charge in [0.15, 0.2) is 6.17 Å². The number of nitrogens with zero attached hydrogens (tertiary/aromatic N) is 6. The third kappa shape index (κ3) is 5.28. The zero-order valence-electron chi connectivity index (χ0n) is 23.4. The van der Waals surface area contributed by atoms with E-state index in [0.29, 0.717) is 42.1 Å². The Hall–Kier alpha value is -3.80. The number of hydrogen-bond donors (Lipinski definition) is 2. The summed E-state index contributed by atoms with van der Waals surface area (Å²) in [4.78, 5) is 38.5. The highest BCUT2D eigenvalue weighted by atomic mass is 35.5. The van der Waals surface area contributed by atoms with Gasteiger partial charge in [0.05, 0.1) is 52.4 Å². The van der Waals surface area contributed by atoms with Gasteiger partial charge in [0, 0.05) is 37.2 Å². The van der Waals surface area contributed by atoms with Crippen molar-refractivity contribution in [3.8, 4) is 11.3 Å². The number of carbonyl (C=O) groups excluding carboxylic acids is 1. The van der Waals surface area contributed by atoms with Gasteiger partial charge in [-0.1, -0.05) is 37.4 Å². The summed E-state index contributed by atoms with van der Waals surface area (Å²) in [5.74, 6) is 2.13. The van der Waals surface area contributed by atoms with Crippen molar-refractivity contribution < 1.29 is 14.4 Å². The molecular weight excluding hydrogens is 556 g/mol. The minimum atomic E-state index is -0.620. The fourth-order valence-corrected chi connectivity index (χ4v) is 6.47. The van der Waals surface area contributed by atoms with Crippen molar-refractivity contribution in [2.45, 2.75) is 51.4 Å². The molecule has 7 rings (SSSR count). The minimum Gasteiger partial charge on any atom is -0.377 e. The molecule has 0 radical (unpaired) electrons. The zero-order valence-corrected chi connectivity index (χ0v) is 24.1. The van der Waals surface area contributed by atoms with Crippen LogP contribution in [-0.2, 0) is 16.1 Å². The molecular formula is C30H33ClN8O3. The van der Waals surface area contributed by atoms with Crippen LogP contribution in [0.2, 0.25) is 5.02 Å². The van der Waals surface area contributed by atoms with Crippen molar-refractivity contribution in [1.29, 1.82) is 0 Å². The maximum absolute atomic E-state index is 11.9. The molecule has 0 spiro atoms. The smallest absolute Gasteiger partial charge is 0.377 e. The molecule has 0 bridgehead atoms. The lowest BCUT2D eigenvalue weighted by Crippen LogP contribution is -2.41. The van der Waals surface area contributed by atoms with E-state index in [1.54, 1.807) is 12.4 Å². The van der Waals surface area contributed by atoms with E-state index in [4.69, 9.17) is 31.1 Å². The monoisotopic (exact) mass is 588 g/mol. The molecule has 12 heteroatoms. The Kier molecular flexibility index (Phi) is 7.39. The number of halogens is 1. The lowest BCUT2D eigenvalue weighted by atomic mass is 9.83. The van der Waals surface area contributed by atoms with Gasteiger partial charge < -0.3 is 19.0 Å². The number of aromatic nitrogens is 5. The van der Waals surface area contributed by atoms with Crippen LogP contribution in [0.3, 0.4) is 0 Å². The first kappa shape index (κ1) is 27.1. The summed E-state index contributed by atoms with van der Waals surface area (Å²) in [6, 6.07) is 9.67. The van der Waals surface area contributed by atoms with Crippen molar-refractivity contribution in [3.05, 3.63) is 65.3 Å². The molecule has 1 saturated carbocycles. The van der Waals surface area contributed by atoms with Gasteiger partial charge in [-0.2, -0.15) is 0 Å². The van der Waals surface area contributed by atoms with Crippen LogP contribution in [0.1, 0.15) is 56.2 Å². The van der Waals surface area contributed by atoms with Gasteiger partial charge >= 0.3 is 6.09 Å². The first-order chi connectivity index (χ1) is 20.5. The Morgan fingerprint density at radius 3 is 2.74 bits per heavy atom. The van der Waals surface area contributed by atoms with Crippen LogP contribution in [0.5, 0.6) is 0 Å². The Morgan fingerprint density at radius 2 is 1.98 bits per heavy atom. The number of amides is 1. The molecule has 6 heterocycles. The molecule has 2 atom stereocenters. The Bertz CT molecular complexity index is 1590.